The molecular weight excluding hydrogens is 513 g/mol. The van der Waals surface area contributed by atoms with Crippen molar-refractivity contribution in [1.82, 2.24) is 0 Å². The number of carbonyl (C=O) groups is 1. The Morgan fingerprint density at radius 2 is 1.56 bits per heavy atom. The van der Waals surface area contributed by atoms with Crippen LogP contribution in [-0.2, 0) is 26.6 Å². The molecule has 10 nitrogen and oxygen atoms in total. The average Bonchev–Trinajstić information content (AvgIpc) is 2.81. The van der Waals surface area contributed by atoms with Crippen molar-refractivity contribution < 1.29 is 35.5 Å². The minimum atomic E-state index is -4.02. The van der Waals surface area contributed by atoms with E-state index in [9.17, 15) is 26.0 Å². The number of anilines is 2. The molecule has 0 saturated heterocycles. The molecule has 3 rings (SSSR count). The standard InChI is InChI=1S/C23H24FN3O7S2/c1-33-21-12-18(23(28)26-16-8-10-17(11-9-16)36(25,31)32)20(13-22(21)34-2)27(35(3,29)30)14-15-6-4-5-7-19(15)24/h4-13H,14H2,1-3H3,(H,26,28)(H2,25,31,32). The molecule has 0 spiro atoms. The summed E-state index contributed by atoms with van der Waals surface area (Å²) in [7, 11) is -5.26. The molecule has 0 atom stereocenters. The van der Waals surface area contributed by atoms with E-state index in [0.29, 0.717) is 0 Å². The highest BCUT2D eigenvalue weighted by molar-refractivity contribution is 7.92. The zero-order valence-electron chi connectivity index (χ0n) is 19.6. The molecule has 0 aliphatic carbocycles. The number of carbonyl (C=O) groups excluding carboxylic acids is 1. The number of amides is 1. The van der Waals surface area contributed by atoms with Gasteiger partial charge in [-0.1, -0.05) is 18.2 Å². The van der Waals surface area contributed by atoms with Crippen LogP contribution in [0.15, 0.2) is 65.6 Å². The van der Waals surface area contributed by atoms with E-state index in [1.54, 1.807) is 6.07 Å². The summed E-state index contributed by atoms with van der Waals surface area (Å²) in [5.41, 5.74) is 0.0952. The van der Waals surface area contributed by atoms with Crippen LogP contribution in [0.25, 0.3) is 0 Å². The van der Waals surface area contributed by atoms with Crippen LogP contribution in [0.3, 0.4) is 0 Å². The van der Waals surface area contributed by atoms with E-state index >= 15 is 0 Å². The number of halogens is 1. The molecule has 3 aromatic rings. The van der Waals surface area contributed by atoms with Gasteiger partial charge >= 0.3 is 0 Å². The first kappa shape index (κ1) is 26.9. The molecule has 3 aromatic carbocycles. The predicted octanol–water partition coefficient (Wildman–Crippen LogP) is 2.71. The van der Waals surface area contributed by atoms with Gasteiger partial charge in [0.05, 0.1) is 43.2 Å². The highest BCUT2D eigenvalue weighted by atomic mass is 32.2. The maximum atomic E-state index is 14.4. The lowest BCUT2D eigenvalue weighted by Gasteiger charge is -2.26. The Bertz CT molecular complexity index is 1490. The monoisotopic (exact) mass is 537 g/mol. The van der Waals surface area contributed by atoms with Crippen molar-refractivity contribution in [3.63, 3.8) is 0 Å². The van der Waals surface area contributed by atoms with E-state index in [2.05, 4.69) is 5.32 Å². The Labute approximate surface area is 208 Å². The molecule has 0 radical (unpaired) electrons. The number of rotatable bonds is 9. The molecule has 36 heavy (non-hydrogen) atoms. The van der Waals surface area contributed by atoms with E-state index in [1.165, 1.54) is 68.8 Å². The number of nitrogens with one attached hydrogen (secondary N) is 1. The Balaban J connectivity index is 2.11. The lowest BCUT2D eigenvalue weighted by Crippen LogP contribution is -2.32. The van der Waals surface area contributed by atoms with Gasteiger partial charge in [-0.25, -0.2) is 26.4 Å². The van der Waals surface area contributed by atoms with Crippen LogP contribution in [0.5, 0.6) is 11.5 Å². The summed E-state index contributed by atoms with van der Waals surface area (Å²) >= 11 is 0. The minimum absolute atomic E-state index is 0.0858. The SMILES string of the molecule is COc1cc(C(=O)Nc2ccc(S(N)(=O)=O)cc2)c(N(Cc2ccccc2F)S(C)(=O)=O)cc1OC. The van der Waals surface area contributed by atoms with Gasteiger partial charge in [0, 0.05) is 17.3 Å². The number of nitrogens with zero attached hydrogens (tertiary/aromatic N) is 1. The smallest absolute Gasteiger partial charge is 0.257 e. The normalized spacial score (nSPS) is 11.6. The van der Waals surface area contributed by atoms with Crippen molar-refractivity contribution in [3.05, 3.63) is 77.6 Å². The Morgan fingerprint density at radius 3 is 2.08 bits per heavy atom. The van der Waals surface area contributed by atoms with Gasteiger partial charge in [0.1, 0.15) is 5.82 Å². The number of benzene rings is 3. The fourth-order valence-corrected chi connectivity index (χ4v) is 4.74. The maximum Gasteiger partial charge on any atom is 0.257 e. The zero-order chi connectivity index (χ0) is 26.7. The summed E-state index contributed by atoms with van der Waals surface area (Å²) in [6.07, 6.45) is 0.929. The number of nitrogens with two attached hydrogens (primary N) is 1. The van der Waals surface area contributed by atoms with Crippen molar-refractivity contribution in [3.8, 4) is 11.5 Å². The molecule has 0 fully saturated rings. The molecule has 3 N–H and O–H groups in total. The van der Waals surface area contributed by atoms with Gasteiger partial charge in [-0.3, -0.25) is 9.10 Å². The van der Waals surface area contributed by atoms with Crippen LogP contribution in [0.4, 0.5) is 15.8 Å². The van der Waals surface area contributed by atoms with Crippen LogP contribution < -0.4 is 24.2 Å². The maximum absolute atomic E-state index is 14.4. The van der Waals surface area contributed by atoms with Gasteiger partial charge in [0.2, 0.25) is 20.0 Å². The molecule has 0 aliphatic rings. The second kappa shape index (κ2) is 10.5. The fraction of sp³-hybridized carbons (Fsp3) is 0.174. The molecule has 13 heteroatoms. The largest absolute Gasteiger partial charge is 0.493 e. The topological polar surface area (TPSA) is 145 Å². The quantitative estimate of drug-likeness (QED) is 0.427. The number of primary sulfonamides is 1. The van der Waals surface area contributed by atoms with E-state index in [-0.39, 0.29) is 38.9 Å². The third kappa shape index (κ3) is 6.11. The van der Waals surface area contributed by atoms with Gasteiger partial charge in [-0.15, -0.1) is 0 Å². The lowest BCUT2D eigenvalue weighted by molar-refractivity contribution is 0.102. The molecule has 0 bridgehead atoms. The summed E-state index contributed by atoms with van der Waals surface area (Å²) in [6, 6.07) is 13.3. The van der Waals surface area contributed by atoms with Gasteiger partial charge in [-0.2, -0.15) is 0 Å². The van der Waals surface area contributed by atoms with Crippen molar-refractivity contribution in [1.29, 1.82) is 0 Å². The third-order valence-electron chi connectivity index (χ3n) is 5.13. The van der Waals surface area contributed by atoms with E-state index in [1.807, 2.05) is 0 Å². The van der Waals surface area contributed by atoms with Crippen molar-refractivity contribution in [2.24, 2.45) is 5.14 Å². The zero-order valence-corrected chi connectivity index (χ0v) is 21.2. The second-order valence-electron chi connectivity index (χ2n) is 7.61. The van der Waals surface area contributed by atoms with Gasteiger partial charge < -0.3 is 14.8 Å². The Morgan fingerprint density at radius 1 is 0.972 bits per heavy atom. The molecule has 0 saturated carbocycles. The highest BCUT2D eigenvalue weighted by Crippen LogP contribution is 2.37. The molecule has 0 aliphatic heterocycles. The number of hydrogen-bond donors (Lipinski definition) is 2. The number of methoxy groups -OCH3 is 2. The number of ether oxygens (including phenoxy) is 2. The minimum Gasteiger partial charge on any atom is -0.493 e. The van der Waals surface area contributed by atoms with Crippen LogP contribution >= 0.6 is 0 Å². The molecule has 192 valence electrons. The van der Waals surface area contributed by atoms with Crippen molar-refractivity contribution in [2.45, 2.75) is 11.4 Å². The lowest BCUT2D eigenvalue weighted by atomic mass is 10.1. The molecule has 0 aromatic heterocycles. The fourth-order valence-electron chi connectivity index (χ4n) is 3.35. The predicted molar refractivity (Wildman–Crippen MR) is 133 cm³/mol. The van der Waals surface area contributed by atoms with Gasteiger partial charge in [-0.05, 0) is 36.4 Å². The van der Waals surface area contributed by atoms with Gasteiger partial charge in [0.25, 0.3) is 5.91 Å². The van der Waals surface area contributed by atoms with E-state index in [4.69, 9.17) is 14.6 Å². The highest BCUT2D eigenvalue weighted by Gasteiger charge is 2.27. The van der Waals surface area contributed by atoms with Crippen LogP contribution in [0, 0.1) is 5.82 Å². The second-order valence-corrected chi connectivity index (χ2v) is 11.1. The van der Waals surface area contributed by atoms with Crippen LogP contribution in [0.1, 0.15) is 15.9 Å². The van der Waals surface area contributed by atoms with Crippen molar-refractivity contribution in [2.75, 3.05) is 30.1 Å². The molecular formula is C23H24FN3O7S2. The summed E-state index contributed by atoms with van der Waals surface area (Å²) in [6.45, 7) is -0.398. The Hall–Kier alpha value is -3.68. The molecule has 0 heterocycles. The van der Waals surface area contributed by atoms with Gasteiger partial charge in [0.15, 0.2) is 11.5 Å². The summed E-state index contributed by atoms with van der Waals surface area (Å²) in [4.78, 5) is 13.1. The number of hydrogen-bond acceptors (Lipinski definition) is 7. The average molecular weight is 538 g/mol. The first-order valence-electron chi connectivity index (χ1n) is 10.3. The Kier molecular flexibility index (Phi) is 7.86. The first-order chi connectivity index (χ1) is 16.8. The van der Waals surface area contributed by atoms with Crippen molar-refractivity contribution >= 4 is 37.3 Å². The number of sulfonamides is 2. The van der Waals surface area contributed by atoms with Crippen LogP contribution in [0.2, 0.25) is 0 Å². The third-order valence-corrected chi connectivity index (χ3v) is 7.18. The van der Waals surface area contributed by atoms with E-state index in [0.717, 1.165) is 10.6 Å². The first-order valence-corrected chi connectivity index (χ1v) is 13.7. The summed E-state index contributed by atoms with van der Waals surface area (Å²) in [5, 5.41) is 7.68. The van der Waals surface area contributed by atoms with E-state index < -0.39 is 38.3 Å². The molecule has 1 amide bonds. The summed E-state index contributed by atoms with van der Waals surface area (Å²) < 4.78 is 74.4. The van der Waals surface area contributed by atoms with Crippen LogP contribution in [-0.4, -0.2) is 43.2 Å². The molecule has 0 unspecified atom stereocenters. The summed E-state index contributed by atoms with van der Waals surface area (Å²) in [5.74, 6) is -1.07.